The van der Waals surface area contributed by atoms with Crippen molar-refractivity contribution in [2.75, 3.05) is 18.9 Å². The molecule has 10 heteroatoms. The average molecular weight is 417 g/mol. The van der Waals surface area contributed by atoms with Gasteiger partial charge in [-0.2, -0.15) is 13.8 Å². The van der Waals surface area contributed by atoms with Gasteiger partial charge in [-0.15, -0.1) is 0 Å². The predicted octanol–water partition coefficient (Wildman–Crippen LogP) is 4.76. The van der Waals surface area contributed by atoms with Crippen molar-refractivity contribution in [3.63, 3.8) is 0 Å². The zero-order valence-corrected chi connectivity index (χ0v) is 16.9. The lowest BCUT2D eigenvalue weighted by atomic mass is 9.86. The molecule has 1 saturated carbocycles. The number of rotatable bonds is 9. The molecule has 0 spiro atoms. The molecule has 0 atom stereocenters. The number of alkyl halides is 2. The second kappa shape index (κ2) is 13.0. The number of pyridine rings is 1. The summed E-state index contributed by atoms with van der Waals surface area (Å²) in [5.74, 6) is -0.141. The first-order valence-corrected chi connectivity index (χ1v) is 9.74. The lowest BCUT2D eigenvalue weighted by Gasteiger charge is -2.20. The Labute approximate surface area is 168 Å². The normalized spacial score (nSPS) is 14.2. The van der Waals surface area contributed by atoms with Crippen LogP contribution >= 0.6 is 0 Å². The van der Waals surface area contributed by atoms with Crippen LogP contribution in [0.1, 0.15) is 69.2 Å². The molecular weight excluding hydrogens is 388 g/mol. The van der Waals surface area contributed by atoms with Crippen molar-refractivity contribution in [1.29, 1.82) is 0 Å². The minimum Gasteiger partial charge on any atom is -0.475 e. The first kappa shape index (κ1) is 24.7. The van der Waals surface area contributed by atoms with Crippen molar-refractivity contribution in [2.45, 2.75) is 65.4 Å². The smallest absolute Gasteiger partial charge is 0.345 e. The van der Waals surface area contributed by atoms with Crippen molar-refractivity contribution in [3.8, 4) is 5.88 Å². The van der Waals surface area contributed by atoms with Gasteiger partial charge in [-0.25, -0.2) is 0 Å². The van der Waals surface area contributed by atoms with Crippen molar-refractivity contribution in [2.24, 2.45) is 5.92 Å². The number of anilines is 1. The third-order valence-electron chi connectivity index (χ3n) is 4.56. The monoisotopic (exact) mass is 417 g/mol. The van der Waals surface area contributed by atoms with Gasteiger partial charge in [0.2, 0.25) is 11.7 Å². The molecule has 2 N–H and O–H groups in total. The van der Waals surface area contributed by atoms with Crippen LogP contribution in [0.3, 0.4) is 0 Å². The van der Waals surface area contributed by atoms with E-state index in [0.717, 1.165) is 18.9 Å². The Balaban J connectivity index is 0.000000387. The maximum absolute atomic E-state index is 11.7. The molecule has 8 nitrogen and oxygen atoms in total. The molecule has 1 aliphatic carbocycles. The zero-order chi connectivity index (χ0) is 21.8. The molecular formula is C19H29F2N3O5. The molecule has 1 aromatic heterocycles. The second-order valence-corrected chi connectivity index (χ2v) is 6.83. The van der Waals surface area contributed by atoms with Gasteiger partial charge < -0.3 is 15.2 Å². The molecule has 29 heavy (non-hydrogen) atoms. The summed E-state index contributed by atoms with van der Waals surface area (Å²) in [7, 11) is 0. The molecule has 1 aliphatic rings. The third kappa shape index (κ3) is 9.12. The fraction of sp³-hybridized carbons (Fsp3) is 0.684. The summed E-state index contributed by atoms with van der Waals surface area (Å²) < 4.78 is 32.4. The van der Waals surface area contributed by atoms with Gasteiger partial charge in [0, 0.05) is 6.07 Å². The number of ketones is 1. The maximum Gasteiger partial charge on any atom is 0.345 e. The van der Waals surface area contributed by atoms with Crippen LogP contribution in [-0.2, 0) is 4.74 Å². The highest BCUT2D eigenvalue weighted by Gasteiger charge is 2.21. The van der Waals surface area contributed by atoms with Gasteiger partial charge in [0.25, 0.3) is 0 Å². The number of nitrogens with zero attached hydrogens (tertiary/aromatic N) is 2. The molecule has 164 valence electrons. The Bertz CT molecular complexity index is 665. The van der Waals surface area contributed by atoms with E-state index in [9.17, 15) is 23.7 Å². The summed E-state index contributed by atoms with van der Waals surface area (Å²) in [5.41, 5.74) is 4.65. The van der Waals surface area contributed by atoms with E-state index in [1.54, 1.807) is 0 Å². The number of carbonyl (C=O) groups excluding carboxylic acids is 1. The van der Waals surface area contributed by atoms with Crippen molar-refractivity contribution in [3.05, 3.63) is 21.7 Å². The number of Topliss-reactive ketones (excluding diaryl/α,β-unsaturated/α-hetero) is 1. The largest absolute Gasteiger partial charge is 0.475 e. The van der Waals surface area contributed by atoms with Crippen molar-refractivity contribution < 1.29 is 28.0 Å². The highest BCUT2D eigenvalue weighted by atomic mass is 19.3. The van der Waals surface area contributed by atoms with Crippen LogP contribution in [0.15, 0.2) is 6.07 Å². The third-order valence-corrected chi connectivity index (χ3v) is 4.56. The quantitative estimate of drug-likeness (QED) is 0.266. The van der Waals surface area contributed by atoms with Gasteiger partial charge in [0.05, 0.1) is 17.1 Å². The fourth-order valence-corrected chi connectivity index (χ4v) is 3.17. The van der Waals surface area contributed by atoms with Crippen LogP contribution < -0.4 is 10.5 Å². The highest BCUT2D eigenvalue weighted by molar-refractivity contribution is 5.97. The average Bonchev–Trinajstić information content (AvgIpc) is 2.66. The number of hydrogen-bond donors (Lipinski definition) is 1. The van der Waals surface area contributed by atoms with Gasteiger partial charge in [0.1, 0.15) is 6.61 Å². The fourth-order valence-electron chi connectivity index (χ4n) is 3.17. The Kier molecular flexibility index (Phi) is 11.0. The van der Waals surface area contributed by atoms with Gasteiger partial charge in [-0.1, -0.05) is 51.9 Å². The van der Waals surface area contributed by atoms with Gasteiger partial charge in [0.15, 0.2) is 5.78 Å². The van der Waals surface area contributed by atoms with Crippen LogP contribution in [0, 0.1) is 16.0 Å². The standard InChI is InChI=1S/C10H11F2N3O5.C9H18/c1-5(16)6-4-7(15(17)18)8(13)14-9(6)19-2-3-20-10(11)12;1-2-6-9-7-4-3-5-8-9/h4,10H,2-3H2,1H3,(H2,13,14);9H,2-8H2,1H3. The molecule has 1 heterocycles. The zero-order valence-electron chi connectivity index (χ0n) is 16.9. The summed E-state index contributed by atoms with van der Waals surface area (Å²) in [6.07, 6.45) is 10.4. The molecule has 0 bridgehead atoms. The van der Waals surface area contributed by atoms with E-state index in [4.69, 9.17) is 10.5 Å². The molecule has 0 unspecified atom stereocenters. The van der Waals surface area contributed by atoms with Gasteiger partial charge in [-0.3, -0.25) is 14.9 Å². The number of ether oxygens (including phenoxy) is 2. The summed E-state index contributed by atoms with van der Waals surface area (Å²) in [6, 6.07) is 0.925. The summed E-state index contributed by atoms with van der Waals surface area (Å²) in [4.78, 5) is 24.8. The summed E-state index contributed by atoms with van der Waals surface area (Å²) >= 11 is 0. The Morgan fingerprint density at radius 2 is 2.00 bits per heavy atom. The number of aromatic nitrogens is 1. The Morgan fingerprint density at radius 3 is 2.52 bits per heavy atom. The summed E-state index contributed by atoms with van der Waals surface area (Å²) in [6.45, 7) is -0.239. The van der Waals surface area contributed by atoms with E-state index in [1.807, 2.05) is 0 Å². The van der Waals surface area contributed by atoms with Crippen LogP contribution in [0.5, 0.6) is 5.88 Å². The minimum absolute atomic E-state index is 0.164. The lowest BCUT2D eigenvalue weighted by Crippen LogP contribution is -2.13. The van der Waals surface area contributed by atoms with Crippen LogP contribution in [-0.4, -0.2) is 35.5 Å². The Morgan fingerprint density at radius 1 is 1.34 bits per heavy atom. The number of nitrogen functional groups attached to an aromatic ring is 1. The van der Waals surface area contributed by atoms with E-state index >= 15 is 0 Å². The van der Waals surface area contributed by atoms with Crippen molar-refractivity contribution >= 4 is 17.3 Å². The number of hydrogen-bond acceptors (Lipinski definition) is 7. The minimum atomic E-state index is -2.94. The number of halogens is 2. The van der Waals surface area contributed by atoms with Gasteiger partial charge in [-0.05, 0) is 12.8 Å². The molecule has 0 radical (unpaired) electrons. The predicted molar refractivity (Wildman–Crippen MR) is 104 cm³/mol. The number of nitro groups is 1. The van der Waals surface area contributed by atoms with Gasteiger partial charge >= 0.3 is 12.3 Å². The molecule has 1 aromatic rings. The van der Waals surface area contributed by atoms with E-state index in [1.165, 1.54) is 44.9 Å². The first-order chi connectivity index (χ1) is 13.8. The number of nitrogens with two attached hydrogens (primary N) is 1. The van der Waals surface area contributed by atoms with Crippen molar-refractivity contribution in [1.82, 2.24) is 4.98 Å². The molecule has 0 aromatic carbocycles. The molecule has 2 rings (SSSR count). The topological polar surface area (TPSA) is 118 Å². The van der Waals surface area contributed by atoms with E-state index < -0.39 is 35.4 Å². The van der Waals surface area contributed by atoms with E-state index in [-0.39, 0.29) is 18.1 Å². The number of carbonyl (C=O) groups is 1. The SMILES string of the molecule is CC(=O)c1cc([N+](=O)[O-])c(N)nc1OCCOC(F)F.CCCC1CCCCC1. The second-order valence-electron chi connectivity index (χ2n) is 6.83. The van der Waals surface area contributed by atoms with E-state index in [2.05, 4.69) is 16.6 Å². The van der Waals surface area contributed by atoms with Crippen LogP contribution in [0.4, 0.5) is 20.3 Å². The maximum atomic E-state index is 11.7. The molecule has 0 saturated heterocycles. The first-order valence-electron chi connectivity index (χ1n) is 9.74. The Hall–Kier alpha value is -2.36. The van der Waals surface area contributed by atoms with Crippen LogP contribution in [0.2, 0.25) is 0 Å². The highest BCUT2D eigenvalue weighted by Crippen LogP contribution is 2.28. The molecule has 0 aliphatic heterocycles. The molecule has 1 fully saturated rings. The van der Waals surface area contributed by atoms with Crippen LogP contribution in [0.25, 0.3) is 0 Å². The van der Waals surface area contributed by atoms with E-state index in [0.29, 0.717) is 0 Å². The summed E-state index contributed by atoms with van der Waals surface area (Å²) in [5, 5.41) is 10.7. The lowest BCUT2D eigenvalue weighted by molar-refractivity contribution is -0.384. The molecule has 0 amide bonds.